The molecule has 0 saturated heterocycles. The summed E-state index contributed by atoms with van der Waals surface area (Å²) in [5.41, 5.74) is -0.303. The first-order chi connectivity index (χ1) is 9.08. The lowest BCUT2D eigenvalue weighted by Gasteiger charge is -2.26. The van der Waals surface area contributed by atoms with Crippen LogP contribution in [0.3, 0.4) is 0 Å². The monoisotopic (exact) mass is 271 g/mol. The van der Waals surface area contributed by atoms with Crippen LogP contribution in [0.15, 0.2) is 0 Å². The molecule has 0 heterocycles. The summed E-state index contributed by atoms with van der Waals surface area (Å²) in [4.78, 5) is 22.8. The number of carbonyl (C=O) groups is 2. The van der Waals surface area contributed by atoms with Crippen LogP contribution in [0.1, 0.15) is 51.4 Å². The molecule has 0 bridgehead atoms. The maximum atomic E-state index is 11.9. The number of amides is 1. The summed E-state index contributed by atoms with van der Waals surface area (Å²) in [7, 11) is 1.66. The number of unbranched alkanes of at least 4 members (excludes halogenated alkanes) is 1. The van der Waals surface area contributed by atoms with Crippen LogP contribution in [0.5, 0.6) is 0 Å². The second-order valence-corrected chi connectivity index (χ2v) is 5.50. The first-order valence-corrected chi connectivity index (χ1v) is 7.05. The van der Waals surface area contributed by atoms with Crippen LogP contribution in [0.25, 0.3) is 0 Å². The highest BCUT2D eigenvalue weighted by Crippen LogP contribution is 2.43. The quantitative estimate of drug-likeness (QED) is 0.628. The Balaban J connectivity index is 2.29. The number of methoxy groups -OCH3 is 1. The average molecular weight is 271 g/mol. The lowest BCUT2D eigenvalue weighted by Crippen LogP contribution is -2.32. The predicted molar refractivity (Wildman–Crippen MR) is 71.9 cm³/mol. The maximum Gasteiger partial charge on any atom is 0.303 e. The Kier molecular flexibility index (Phi) is 6.84. The minimum absolute atomic E-state index is 0.0134. The van der Waals surface area contributed by atoms with Gasteiger partial charge in [-0.05, 0) is 31.1 Å². The summed E-state index contributed by atoms with van der Waals surface area (Å²) in [6, 6.07) is 0. The summed E-state index contributed by atoms with van der Waals surface area (Å²) < 4.78 is 4.94. The number of ether oxygens (including phenoxy) is 1. The van der Waals surface area contributed by atoms with Gasteiger partial charge in [-0.1, -0.05) is 12.8 Å². The fourth-order valence-corrected chi connectivity index (χ4v) is 2.86. The molecule has 5 heteroatoms. The number of carboxylic acids is 1. The minimum atomic E-state index is -0.796. The molecule has 1 aliphatic rings. The lowest BCUT2D eigenvalue weighted by atomic mass is 9.79. The normalized spacial score (nSPS) is 17.3. The van der Waals surface area contributed by atoms with Crippen molar-refractivity contribution in [1.29, 1.82) is 0 Å². The molecule has 0 aromatic carbocycles. The van der Waals surface area contributed by atoms with E-state index in [1.807, 2.05) is 0 Å². The van der Waals surface area contributed by atoms with Crippen molar-refractivity contribution < 1.29 is 19.4 Å². The zero-order chi connectivity index (χ0) is 14.1. The Hall–Kier alpha value is -1.10. The van der Waals surface area contributed by atoms with E-state index in [0.717, 1.165) is 38.5 Å². The molecule has 0 unspecified atom stereocenters. The average Bonchev–Trinajstić information content (AvgIpc) is 2.76. The van der Waals surface area contributed by atoms with E-state index in [9.17, 15) is 9.59 Å². The molecule has 1 fully saturated rings. The number of carboxylic acid groups (broad SMARTS) is 1. The molecule has 2 N–H and O–H groups in total. The molecule has 0 aromatic heterocycles. The zero-order valence-electron chi connectivity index (χ0n) is 11.7. The third kappa shape index (κ3) is 6.05. The van der Waals surface area contributed by atoms with E-state index in [4.69, 9.17) is 9.84 Å². The predicted octanol–water partition coefficient (Wildman–Crippen LogP) is 1.95. The molecule has 1 aliphatic carbocycles. The standard InChI is InChI=1S/C14H25NO4/c1-19-9-5-4-8-15-12(16)10-14(11-13(17)18)6-2-3-7-14/h2-11H2,1H3,(H,15,16)(H,17,18). The smallest absolute Gasteiger partial charge is 0.303 e. The van der Waals surface area contributed by atoms with Crippen molar-refractivity contribution in [3.8, 4) is 0 Å². The Morgan fingerprint density at radius 2 is 1.89 bits per heavy atom. The molecule has 1 amide bonds. The minimum Gasteiger partial charge on any atom is -0.481 e. The van der Waals surface area contributed by atoms with Gasteiger partial charge in [0.1, 0.15) is 0 Å². The van der Waals surface area contributed by atoms with Gasteiger partial charge in [0.05, 0.1) is 6.42 Å². The molecule has 19 heavy (non-hydrogen) atoms. The van der Waals surface area contributed by atoms with Crippen molar-refractivity contribution in [3.05, 3.63) is 0 Å². The number of carbonyl (C=O) groups excluding carboxylic acids is 1. The zero-order valence-corrected chi connectivity index (χ0v) is 11.7. The van der Waals surface area contributed by atoms with Gasteiger partial charge in [0.15, 0.2) is 0 Å². The van der Waals surface area contributed by atoms with Crippen molar-refractivity contribution >= 4 is 11.9 Å². The van der Waals surface area contributed by atoms with Gasteiger partial charge in [-0.2, -0.15) is 0 Å². The van der Waals surface area contributed by atoms with Crippen molar-refractivity contribution in [2.45, 2.75) is 51.4 Å². The summed E-state index contributed by atoms with van der Waals surface area (Å²) in [5.74, 6) is -0.810. The molecule has 0 aromatic rings. The van der Waals surface area contributed by atoms with E-state index in [0.29, 0.717) is 19.6 Å². The number of nitrogens with one attached hydrogen (secondary N) is 1. The van der Waals surface area contributed by atoms with Gasteiger partial charge in [0, 0.05) is 26.7 Å². The van der Waals surface area contributed by atoms with Crippen molar-refractivity contribution in [3.63, 3.8) is 0 Å². The van der Waals surface area contributed by atoms with Gasteiger partial charge >= 0.3 is 5.97 Å². The fourth-order valence-electron chi connectivity index (χ4n) is 2.86. The summed E-state index contributed by atoms with van der Waals surface area (Å²) in [6.45, 7) is 1.35. The first kappa shape index (κ1) is 16.0. The van der Waals surface area contributed by atoms with Crippen LogP contribution < -0.4 is 5.32 Å². The largest absolute Gasteiger partial charge is 0.481 e. The Labute approximate surface area is 114 Å². The highest BCUT2D eigenvalue weighted by atomic mass is 16.5. The van der Waals surface area contributed by atoms with E-state index in [2.05, 4.69) is 5.32 Å². The van der Waals surface area contributed by atoms with Gasteiger partial charge in [-0.25, -0.2) is 0 Å². The van der Waals surface area contributed by atoms with Gasteiger partial charge < -0.3 is 15.2 Å². The second-order valence-electron chi connectivity index (χ2n) is 5.50. The van der Waals surface area contributed by atoms with E-state index < -0.39 is 5.97 Å². The van der Waals surface area contributed by atoms with Crippen LogP contribution >= 0.6 is 0 Å². The Morgan fingerprint density at radius 1 is 1.21 bits per heavy atom. The fraction of sp³-hybridized carbons (Fsp3) is 0.857. The summed E-state index contributed by atoms with van der Waals surface area (Å²) in [6.07, 6.45) is 6.08. The summed E-state index contributed by atoms with van der Waals surface area (Å²) in [5, 5.41) is 11.9. The van der Waals surface area contributed by atoms with Crippen molar-refractivity contribution in [1.82, 2.24) is 5.32 Å². The van der Waals surface area contributed by atoms with E-state index in [1.165, 1.54) is 0 Å². The first-order valence-electron chi connectivity index (χ1n) is 7.05. The van der Waals surface area contributed by atoms with Gasteiger partial charge in [0.2, 0.25) is 5.91 Å². The molecule has 1 rings (SSSR count). The van der Waals surface area contributed by atoms with Crippen LogP contribution in [0, 0.1) is 5.41 Å². The van der Waals surface area contributed by atoms with Gasteiger partial charge in [-0.15, -0.1) is 0 Å². The SMILES string of the molecule is COCCCCNC(=O)CC1(CC(=O)O)CCCC1. The van der Waals surface area contributed by atoms with Crippen LogP contribution in [-0.2, 0) is 14.3 Å². The number of hydrogen-bond donors (Lipinski definition) is 2. The van der Waals surface area contributed by atoms with Crippen LogP contribution in [-0.4, -0.2) is 37.2 Å². The third-order valence-electron chi connectivity index (χ3n) is 3.82. The molecule has 0 aliphatic heterocycles. The molecule has 0 spiro atoms. The lowest BCUT2D eigenvalue weighted by molar-refractivity contribution is -0.140. The molecule has 1 saturated carbocycles. The topological polar surface area (TPSA) is 75.6 Å². The van der Waals surface area contributed by atoms with E-state index in [-0.39, 0.29) is 17.7 Å². The molecule has 5 nitrogen and oxygen atoms in total. The van der Waals surface area contributed by atoms with Crippen molar-refractivity contribution in [2.24, 2.45) is 5.41 Å². The number of hydrogen-bond acceptors (Lipinski definition) is 3. The number of aliphatic carboxylic acids is 1. The summed E-state index contributed by atoms with van der Waals surface area (Å²) >= 11 is 0. The molecular weight excluding hydrogens is 246 g/mol. The van der Waals surface area contributed by atoms with Crippen molar-refractivity contribution in [2.75, 3.05) is 20.3 Å². The number of rotatable bonds is 9. The highest BCUT2D eigenvalue weighted by molar-refractivity contribution is 5.78. The molecular formula is C14H25NO4. The Morgan fingerprint density at radius 3 is 2.47 bits per heavy atom. The Bertz CT molecular complexity index is 298. The molecule has 110 valence electrons. The van der Waals surface area contributed by atoms with Crippen LogP contribution in [0.2, 0.25) is 0 Å². The highest BCUT2D eigenvalue weighted by Gasteiger charge is 2.37. The molecule has 0 radical (unpaired) electrons. The van der Waals surface area contributed by atoms with E-state index >= 15 is 0 Å². The van der Waals surface area contributed by atoms with Crippen LogP contribution in [0.4, 0.5) is 0 Å². The van der Waals surface area contributed by atoms with Gasteiger partial charge in [0.25, 0.3) is 0 Å². The maximum absolute atomic E-state index is 11.9. The van der Waals surface area contributed by atoms with Gasteiger partial charge in [-0.3, -0.25) is 9.59 Å². The molecule has 0 atom stereocenters. The third-order valence-corrected chi connectivity index (χ3v) is 3.82. The van der Waals surface area contributed by atoms with E-state index in [1.54, 1.807) is 7.11 Å². The second kappa shape index (κ2) is 8.15.